The van der Waals surface area contributed by atoms with Crippen molar-refractivity contribution in [2.75, 3.05) is 0 Å². The molecule has 0 N–H and O–H groups in total. The van der Waals surface area contributed by atoms with Crippen LogP contribution in [0.3, 0.4) is 0 Å². The summed E-state index contributed by atoms with van der Waals surface area (Å²) < 4.78 is 4.86. The van der Waals surface area contributed by atoms with E-state index in [2.05, 4.69) is 203 Å². The first kappa shape index (κ1) is 28.4. The average Bonchev–Trinajstić information content (AvgIpc) is 3.72. The summed E-state index contributed by atoms with van der Waals surface area (Å²) in [6, 6.07) is 70.3. The Kier molecular flexibility index (Phi) is 6.53. The Morgan fingerprint density at radius 3 is 1.44 bits per heavy atom. The standard InChI is InChI=1S/C48H32N2/c1-4-16-33(17-5-1)38-24-14-28-45-47(38)48-39(34-18-6-2-7-19-34)25-15-29-46(48)50(45)42-26-12-10-22-37(42)35-30-31-44-41(32-35)40-23-11-13-27-43(40)49(44)36-20-8-3-9-21-36/h1-32H. The van der Waals surface area contributed by atoms with E-state index in [1.807, 2.05) is 0 Å². The van der Waals surface area contributed by atoms with Gasteiger partial charge < -0.3 is 9.13 Å². The topological polar surface area (TPSA) is 9.86 Å². The highest BCUT2D eigenvalue weighted by molar-refractivity contribution is 6.21. The molecule has 0 fully saturated rings. The smallest absolute Gasteiger partial charge is 0.0547 e. The van der Waals surface area contributed by atoms with Crippen molar-refractivity contribution >= 4 is 43.6 Å². The number of nitrogens with zero attached hydrogens (tertiary/aromatic N) is 2. The zero-order chi connectivity index (χ0) is 33.0. The molecule has 234 valence electrons. The minimum absolute atomic E-state index is 1.16. The van der Waals surface area contributed by atoms with E-state index in [-0.39, 0.29) is 0 Å². The number of benzene rings is 8. The molecule has 0 aliphatic rings. The molecule has 10 aromatic rings. The number of hydrogen-bond donors (Lipinski definition) is 0. The van der Waals surface area contributed by atoms with Crippen LogP contribution < -0.4 is 0 Å². The molecule has 0 radical (unpaired) electrons. The second-order valence-corrected chi connectivity index (χ2v) is 12.9. The summed E-state index contributed by atoms with van der Waals surface area (Å²) in [4.78, 5) is 0. The van der Waals surface area contributed by atoms with Gasteiger partial charge in [0, 0.05) is 32.8 Å². The third kappa shape index (κ3) is 4.36. The molecule has 0 amide bonds. The zero-order valence-corrected chi connectivity index (χ0v) is 27.4. The normalized spacial score (nSPS) is 11.6. The number of hydrogen-bond acceptors (Lipinski definition) is 0. The third-order valence-electron chi connectivity index (χ3n) is 10.1. The molecule has 2 heteroatoms. The minimum Gasteiger partial charge on any atom is -0.309 e. The summed E-state index contributed by atoms with van der Waals surface area (Å²) in [5.74, 6) is 0. The Morgan fingerprint density at radius 2 is 0.780 bits per heavy atom. The first-order valence-electron chi connectivity index (χ1n) is 17.2. The van der Waals surface area contributed by atoms with Crippen molar-refractivity contribution in [3.63, 3.8) is 0 Å². The van der Waals surface area contributed by atoms with Crippen LogP contribution in [0.1, 0.15) is 0 Å². The van der Waals surface area contributed by atoms with Gasteiger partial charge in [-0.2, -0.15) is 0 Å². The molecule has 0 atom stereocenters. The molecule has 2 heterocycles. The predicted molar refractivity (Wildman–Crippen MR) is 211 cm³/mol. The van der Waals surface area contributed by atoms with Crippen molar-refractivity contribution in [2.45, 2.75) is 0 Å². The molecule has 10 rings (SSSR count). The van der Waals surface area contributed by atoms with Crippen molar-refractivity contribution < 1.29 is 0 Å². The van der Waals surface area contributed by atoms with Crippen LogP contribution in [0.5, 0.6) is 0 Å². The lowest BCUT2D eigenvalue weighted by Crippen LogP contribution is -1.97. The summed E-state index contributed by atoms with van der Waals surface area (Å²) >= 11 is 0. The Morgan fingerprint density at radius 1 is 0.280 bits per heavy atom. The first-order valence-corrected chi connectivity index (χ1v) is 17.2. The highest BCUT2D eigenvalue weighted by Crippen LogP contribution is 2.44. The van der Waals surface area contributed by atoms with Gasteiger partial charge in [-0.15, -0.1) is 0 Å². The largest absolute Gasteiger partial charge is 0.309 e. The second kappa shape index (κ2) is 11.5. The number of aromatic nitrogens is 2. The number of fused-ring (bicyclic) bond motifs is 6. The van der Waals surface area contributed by atoms with Gasteiger partial charge in [-0.25, -0.2) is 0 Å². The van der Waals surface area contributed by atoms with Gasteiger partial charge in [0.05, 0.1) is 27.8 Å². The van der Waals surface area contributed by atoms with E-state index in [0.717, 1.165) is 5.69 Å². The van der Waals surface area contributed by atoms with Crippen LogP contribution in [-0.4, -0.2) is 9.13 Å². The maximum atomic E-state index is 2.48. The minimum atomic E-state index is 1.16. The summed E-state index contributed by atoms with van der Waals surface area (Å²) in [5.41, 5.74) is 14.4. The van der Waals surface area contributed by atoms with Crippen molar-refractivity contribution in [3.05, 3.63) is 194 Å². The molecule has 0 saturated heterocycles. The van der Waals surface area contributed by atoms with Crippen molar-refractivity contribution in [1.82, 2.24) is 9.13 Å². The van der Waals surface area contributed by atoms with Crippen LogP contribution in [0.2, 0.25) is 0 Å². The SMILES string of the molecule is c1ccc(-c2cccc3c2c2c(-c4ccccc4)cccc2n3-c2ccccc2-c2ccc3c(c2)c2ccccc2n3-c2ccccc2)cc1. The van der Waals surface area contributed by atoms with Gasteiger partial charge >= 0.3 is 0 Å². The van der Waals surface area contributed by atoms with Crippen LogP contribution in [-0.2, 0) is 0 Å². The van der Waals surface area contributed by atoms with Crippen LogP contribution >= 0.6 is 0 Å². The fourth-order valence-corrected chi connectivity index (χ4v) is 7.99. The molecule has 0 unspecified atom stereocenters. The Hall–Kier alpha value is -6.64. The van der Waals surface area contributed by atoms with Crippen LogP contribution in [0.25, 0.3) is 88.4 Å². The molecule has 0 bridgehead atoms. The van der Waals surface area contributed by atoms with Gasteiger partial charge in [0.15, 0.2) is 0 Å². The maximum absolute atomic E-state index is 2.48. The quantitative estimate of drug-likeness (QED) is 0.178. The molecule has 0 aliphatic heterocycles. The van der Waals surface area contributed by atoms with Crippen LogP contribution in [0.15, 0.2) is 194 Å². The molecule has 2 nitrogen and oxygen atoms in total. The monoisotopic (exact) mass is 636 g/mol. The molecule has 0 spiro atoms. The lowest BCUT2D eigenvalue weighted by molar-refractivity contribution is 1.18. The predicted octanol–water partition coefficient (Wildman–Crippen LogP) is 12.9. The Labute approximate surface area is 290 Å². The van der Waals surface area contributed by atoms with E-state index < -0.39 is 0 Å². The van der Waals surface area contributed by atoms with E-state index in [1.165, 1.54) is 82.7 Å². The van der Waals surface area contributed by atoms with E-state index in [1.54, 1.807) is 0 Å². The molecule has 0 saturated carbocycles. The molecular weight excluding hydrogens is 605 g/mol. The van der Waals surface area contributed by atoms with E-state index >= 15 is 0 Å². The van der Waals surface area contributed by atoms with Gasteiger partial charge in [0.2, 0.25) is 0 Å². The van der Waals surface area contributed by atoms with Gasteiger partial charge in [0.1, 0.15) is 0 Å². The van der Waals surface area contributed by atoms with Gasteiger partial charge in [-0.1, -0.05) is 146 Å². The lowest BCUT2D eigenvalue weighted by atomic mass is 9.95. The summed E-state index contributed by atoms with van der Waals surface area (Å²) in [5, 5.41) is 5.04. The average molecular weight is 637 g/mol. The first-order chi connectivity index (χ1) is 24.8. The molecule has 0 aliphatic carbocycles. The fraction of sp³-hybridized carbons (Fsp3) is 0. The Balaban J connectivity index is 1.27. The van der Waals surface area contributed by atoms with E-state index in [4.69, 9.17) is 0 Å². The van der Waals surface area contributed by atoms with Crippen molar-refractivity contribution in [3.8, 4) is 44.8 Å². The molecule has 8 aromatic carbocycles. The Bertz CT molecular complexity index is 2740. The summed E-state index contributed by atoms with van der Waals surface area (Å²) in [6.45, 7) is 0. The van der Waals surface area contributed by atoms with Gasteiger partial charge in [-0.3, -0.25) is 0 Å². The van der Waals surface area contributed by atoms with Gasteiger partial charge in [-0.05, 0) is 76.3 Å². The highest BCUT2D eigenvalue weighted by Gasteiger charge is 2.21. The van der Waals surface area contributed by atoms with E-state index in [9.17, 15) is 0 Å². The molecule has 50 heavy (non-hydrogen) atoms. The maximum Gasteiger partial charge on any atom is 0.0547 e. The number of rotatable bonds is 5. The zero-order valence-electron chi connectivity index (χ0n) is 27.4. The van der Waals surface area contributed by atoms with Crippen LogP contribution in [0, 0.1) is 0 Å². The summed E-state index contributed by atoms with van der Waals surface area (Å²) in [6.07, 6.45) is 0. The molecular formula is C48H32N2. The highest BCUT2D eigenvalue weighted by atomic mass is 15.0. The second-order valence-electron chi connectivity index (χ2n) is 12.9. The van der Waals surface area contributed by atoms with E-state index in [0.29, 0.717) is 0 Å². The van der Waals surface area contributed by atoms with Crippen molar-refractivity contribution in [2.24, 2.45) is 0 Å². The third-order valence-corrected chi connectivity index (χ3v) is 10.1. The van der Waals surface area contributed by atoms with Crippen molar-refractivity contribution in [1.29, 1.82) is 0 Å². The molecule has 2 aromatic heterocycles. The van der Waals surface area contributed by atoms with Crippen LogP contribution in [0.4, 0.5) is 0 Å². The summed E-state index contributed by atoms with van der Waals surface area (Å²) in [7, 11) is 0. The van der Waals surface area contributed by atoms with Gasteiger partial charge in [0.25, 0.3) is 0 Å². The number of para-hydroxylation sites is 3. The fourth-order valence-electron chi connectivity index (χ4n) is 7.99. The lowest BCUT2D eigenvalue weighted by Gasteiger charge is -2.15.